The average molecular weight is 577 g/mol. The molecule has 0 radical (unpaired) electrons. The number of rotatable bonds is 16. The van der Waals surface area contributed by atoms with E-state index in [1.165, 1.54) is 23.9 Å². The van der Waals surface area contributed by atoms with Crippen molar-refractivity contribution in [3.8, 4) is 17.4 Å². The van der Waals surface area contributed by atoms with Crippen LogP contribution in [0.15, 0.2) is 47.4 Å². The van der Waals surface area contributed by atoms with Gasteiger partial charge in [-0.05, 0) is 60.5 Å². The number of hydrogen-bond acceptors (Lipinski definition) is 8. The third-order valence-electron chi connectivity index (χ3n) is 5.90. The lowest BCUT2D eigenvalue weighted by Gasteiger charge is -2.15. The standard InChI is InChI=1S/C26H33ClN6O5S/c1-3-4-5-6-7-8-15-37-22-14-9-19(2)18-23(22)39(34,35)30-20-10-12-21(13-11-20)36-16-17-38-26-24(27)25-28-31-32-33(25)29-26/h9-14,18,30H,3-8,15-17H2,1-2H3,(H,28,32). The number of ether oxygens (including phenoxy) is 3. The molecule has 39 heavy (non-hydrogen) atoms. The number of aryl methyl sites for hydroxylation is 1. The topological polar surface area (TPSA) is 133 Å². The van der Waals surface area contributed by atoms with Crippen molar-refractivity contribution < 1.29 is 22.6 Å². The summed E-state index contributed by atoms with van der Waals surface area (Å²) < 4.78 is 47.5. The number of benzene rings is 2. The first kappa shape index (κ1) is 28.5. The molecular formula is C26H33ClN6O5S. The molecule has 0 aliphatic heterocycles. The highest BCUT2D eigenvalue weighted by molar-refractivity contribution is 7.92. The smallest absolute Gasteiger partial charge is 0.265 e. The second kappa shape index (κ2) is 13.5. The van der Waals surface area contributed by atoms with Crippen LogP contribution in [0.25, 0.3) is 5.65 Å². The van der Waals surface area contributed by atoms with Gasteiger partial charge in [-0.2, -0.15) is 5.21 Å². The molecule has 2 aromatic carbocycles. The third kappa shape index (κ3) is 7.76. The van der Waals surface area contributed by atoms with Gasteiger partial charge in [0.25, 0.3) is 15.9 Å². The normalized spacial score (nSPS) is 11.6. The molecule has 0 amide bonds. The first-order valence-corrected chi connectivity index (χ1v) is 14.8. The number of sulfonamides is 1. The molecule has 0 fully saturated rings. The van der Waals surface area contributed by atoms with Gasteiger partial charge in [0.05, 0.1) is 6.61 Å². The maximum atomic E-state index is 13.2. The van der Waals surface area contributed by atoms with Crippen LogP contribution >= 0.6 is 11.6 Å². The molecule has 2 heterocycles. The highest BCUT2D eigenvalue weighted by atomic mass is 35.5. The van der Waals surface area contributed by atoms with Gasteiger partial charge in [0, 0.05) is 5.69 Å². The Morgan fingerprint density at radius 1 is 0.949 bits per heavy atom. The van der Waals surface area contributed by atoms with Crippen molar-refractivity contribution in [1.82, 2.24) is 25.3 Å². The second-order valence-corrected chi connectivity index (χ2v) is 11.1. The van der Waals surface area contributed by atoms with E-state index < -0.39 is 10.0 Å². The zero-order valence-electron chi connectivity index (χ0n) is 22.0. The predicted octanol–water partition coefficient (Wildman–Crippen LogP) is 5.41. The fraction of sp³-hybridized carbons (Fsp3) is 0.423. The van der Waals surface area contributed by atoms with Crippen LogP contribution in [0, 0.1) is 6.92 Å². The number of aromatic amines is 1. The third-order valence-corrected chi connectivity index (χ3v) is 7.63. The Morgan fingerprint density at radius 3 is 2.46 bits per heavy atom. The minimum absolute atomic E-state index is 0.117. The number of fused-ring (bicyclic) bond motifs is 1. The first-order chi connectivity index (χ1) is 18.9. The molecule has 4 rings (SSSR count). The fourth-order valence-electron chi connectivity index (χ4n) is 3.87. The average Bonchev–Trinajstić information content (AvgIpc) is 3.50. The summed E-state index contributed by atoms with van der Waals surface area (Å²) >= 11 is 6.14. The van der Waals surface area contributed by atoms with Gasteiger partial charge < -0.3 is 14.2 Å². The van der Waals surface area contributed by atoms with Crippen molar-refractivity contribution in [3.05, 3.63) is 53.1 Å². The summed E-state index contributed by atoms with van der Waals surface area (Å²) in [5.41, 5.74) is 1.60. The van der Waals surface area contributed by atoms with Crippen LogP contribution in [0.4, 0.5) is 5.69 Å². The number of hydrogen-bond donors (Lipinski definition) is 2. The summed E-state index contributed by atoms with van der Waals surface area (Å²) in [5.74, 6) is 1.12. The van der Waals surface area contributed by atoms with E-state index >= 15 is 0 Å². The fourth-order valence-corrected chi connectivity index (χ4v) is 5.37. The Bertz CT molecular complexity index is 1460. The van der Waals surface area contributed by atoms with Crippen LogP contribution in [-0.2, 0) is 10.0 Å². The zero-order valence-corrected chi connectivity index (χ0v) is 23.6. The van der Waals surface area contributed by atoms with Gasteiger partial charge in [0.15, 0.2) is 5.02 Å². The van der Waals surface area contributed by atoms with E-state index in [9.17, 15) is 8.42 Å². The molecular weight excluding hydrogens is 544 g/mol. The van der Waals surface area contributed by atoms with E-state index in [2.05, 4.69) is 32.3 Å². The SMILES string of the molecule is CCCCCCCCOc1ccc(C)cc1S(=O)(=O)Nc1ccc(OCCOc2nn3[nH]nnc3c2Cl)cc1. The Balaban J connectivity index is 1.28. The summed E-state index contributed by atoms with van der Waals surface area (Å²) in [5, 5.41) is 14.3. The lowest BCUT2D eigenvalue weighted by molar-refractivity contribution is 0.211. The largest absolute Gasteiger partial charge is 0.492 e. The predicted molar refractivity (Wildman–Crippen MR) is 148 cm³/mol. The van der Waals surface area contributed by atoms with Crippen LogP contribution < -0.4 is 18.9 Å². The van der Waals surface area contributed by atoms with Crippen molar-refractivity contribution in [2.24, 2.45) is 0 Å². The van der Waals surface area contributed by atoms with E-state index in [1.807, 2.05) is 13.0 Å². The lowest BCUT2D eigenvalue weighted by atomic mass is 10.1. The number of unbranched alkanes of at least 4 members (excludes halogenated alkanes) is 5. The van der Waals surface area contributed by atoms with Crippen LogP contribution in [0.3, 0.4) is 0 Å². The quantitative estimate of drug-likeness (QED) is 0.169. The second-order valence-electron chi connectivity index (χ2n) is 9.05. The Hall–Kier alpha value is -3.51. The molecule has 0 aliphatic rings. The van der Waals surface area contributed by atoms with Gasteiger partial charge in [-0.25, -0.2) is 8.42 Å². The molecule has 11 nitrogen and oxygen atoms in total. The lowest BCUT2D eigenvalue weighted by Crippen LogP contribution is -2.15. The summed E-state index contributed by atoms with van der Waals surface area (Å²) in [7, 11) is -3.87. The molecule has 2 aromatic heterocycles. The summed E-state index contributed by atoms with van der Waals surface area (Å²) in [4.78, 5) is 0.117. The van der Waals surface area contributed by atoms with E-state index in [4.69, 9.17) is 25.8 Å². The monoisotopic (exact) mass is 576 g/mol. The van der Waals surface area contributed by atoms with Gasteiger partial charge >= 0.3 is 0 Å². The molecule has 210 valence electrons. The minimum atomic E-state index is -3.87. The molecule has 13 heteroatoms. The molecule has 0 atom stereocenters. The molecule has 0 bridgehead atoms. The Kier molecular flexibility index (Phi) is 9.88. The zero-order chi connectivity index (χ0) is 27.7. The number of anilines is 1. The molecule has 4 aromatic rings. The Morgan fingerprint density at radius 2 is 1.69 bits per heavy atom. The first-order valence-electron chi connectivity index (χ1n) is 12.9. The number of H-pyrrole nitrogens is 1. The van der Waals surface area contributed by atoms with E-state index in [1.54, 1.807) is 36.4 Å². The van der Waals surface area contributed by atoms with E-state index in [-0.39, 0.29) is 29.0 Å². The summed E-state index contributed by atoms with van der Waals surface area (Å²) in [6.07, 6.45) is 6.78. The van der Waals surface area contributed by atoms with Crippen molar-refractivity contribution in [2.45, 2.75) is 57.3 Å². The van der Waals surface area contributed by atoms with E-state index in [0.29, 0.717) is 29.4 Å². The number of tetrazole rings is 1. The number of nitrogens with one attached hydrogen (secondary N) is 2. The highest BCUT2D eigenvalue weighted by Crippen LogP contribution is 2.28. The summed E-state index contributed by atoms with van der Waals surface area (Å²) in [6.45, 7) is 4.93. The molecule has 0 saturated carbocycles. The molecule has 0 spiro atoms. The number of halogens is 1. The highest BCUT2D eigenvalue weighted by Gasteiger charge is 2.20. The van der Waals surface area contributed by atoms with Crippen molar-refractivity contribution >= 4 is 33.0 Å². The van der Waals surface area contributed by atoms with Crippen molar-refractivity contribution in [3.63, 3.8) is 0 Å². The van der Waals surface area contributed by atoms with Gasteiger partial charge in [-0.15, -0.1) is 14.8 Å². The molecule has 2 N–H and O–H groups in total. The van der Waals surface area contributed by atoms with Crippen LogP contribution in [0.5, 0.6) is 17.4 Å². The number of nitrogens with zero attached hydrogens (tertiary/aromatic N) is 4. The maximum absolute atomic E-state index is 13.2. The molecule has 0 aliphatic carbocycles. The molecule has 0 saturated heterocycles. The van der Waals surface area contributed by atoms with Gasteiger partial charge in [-0.3, -0.25) is 4.72 Å². The van der Waals surface area contributed by atoms with Crippen molar-refractivity contribution in [1.29, 1.82) is 0 Å². The van der Waals surface area contributed by atoms with Crippen LogP contribution in [0.2, 0.25) is 5.02 Å². The van der Waals surface area contributed by atoms with Gasteiger partial charge in [0.2, 0.25) is 5.65 Å². The minimum Gasteiger partial charge on any atom is -0.492 e. The summed E-state index contributed by atoms with van der Waals surface area (Å²) in [6, 6.07) is 11.8. The van der Waals surface area contributed by atoms with Crippen molar-refractivity contribution in [2.75, 3.05) is 24.5 Å². The van der Waals surface area contributed by atoms with Crippen LogP contribution in [0.1, 0.15) is 51.0 Å². The van der Waals surface area contributed by atoms with Gasteiger partial charge in [0.1, 0.15) is 29.6 Å². The maximum Gasteiger partial charge on any atom is 0.265 e. The number of aromatic nitrogens is 5. The van der Waals surface area contributed by atoms with Crippen LogP contribution in [-0.4, -0.2) is 53.5 Å². The Labute approximate surface area is 232 Å². The van der Waals surface area contributed by atoms with Gasteiger partial charge in [-0.1, -0.05) is 56.7 Å². The molecule has 0 unspecified atom stereocenters. The van der Waals surface area contributed by atoms with E-state index in [0.717, 1.165) is 24.8 Å².